The maximum atomic E-state index is 11.6. The second kappa shape index (κ2) is 5.99. The number of hydrogen-bond donors (Lipinski definition) is 2. The molecule has 0 saturated heterocycles. The lowest BCUT2D eigenvalue weighted by Crippen LogP contribution is -2.23. The summed E-state index contributed by atoms with van der Waals surface area (Å²) in [5.41, 5.74) is 8.26. The molecule has 1 aliphatic rings. The molecule has 1 amide bonds. The van der Waals surface area contributed by atoms with Gasteiger partial charge in [-0.05, 0) is 39.2 Å². The van der Waals surface area contributed by atoms with Crippen LogP contribution in [0, 0.1) is 0 Å². The van der Waals surface area contributed by atoms with E-state index in [0.29, 0.717) is 5.02 Å². The van der Waals surface area contributed by atoms with E-state index in [1.807, 2.05) is 13.1 Å². The van der Waals surface area contributed by atoms with E-state index >= 15 is 0 Å². The molecule has 0 aromatic heterocycles. The van der Waals surface area contributed by atoms with Crippen molar-refractivity contribution in [2.24, 2.45) is 5.73 Å². The molecule has 1 unspecified atom stereocenters. The van der Waals surface area contributed by atoms with Crippen LogP contribution in [-0.2, 0) is 4.79 Å². The van der Waals surface area contributed by atoms with Gasteiger partial charge in [0.15, 0.2) is 0 Å². The van der Waals surface area contributed by atoms with Crippen molar-refractivity contribution in [3.05, 3.63) is 22.7 Å². The molecule has 5 nitrogen and oxygen atoms in total. The maximum Gasteiger partial charge on any atom is 0.245 e. The van der Waals surface area contributed by atoms with Crippen molar-refractivity contribution in [2.45, 2.75) is 12.5 Å². The lowest BCUT2D eigenvalue weighted by atomic mass is 10.1. The second-order valence-corrected chi connectivity index (χ2v) is 5.84. The average Bonchev–Trinajstić information content (AvgIpc) is 2.64. The molecule has 1 atom stereocenters. The third-order valence-electron chi connectivity index (χ3n) is 3.50. The lowest BCUT2D eigenvalue weighted by molar-refractivity contribution is -0.116. The van der Waals surface area contributed by atoms with Crippen molar-refractivity contribution < 1.29 is 4.79 Å². The summed E-state index contributed by atoms with van der Waals surface area (Å²) in [6, 6.07) is 3.07. The Labute approximate surface area is 124 Å². The van der Waals surface area contributed by atoms with Crippen LogP contribution < -0.4 is 16.0 Å². The highest BCUT2D eigenvalue weighted by Crippen LogP contribution is 2.37. The van der Waals surface area contributed by atoms with Gasteiger partial charge < -0.3 is 20.9 Å². The zero-order valence-electron chi connectivity index (χ0n) is 12.1. The summed E-state index contributed by atoms with van der Waals surface area (Å²) in [4.78, 5) is 15.8. The van der Waals surface area contributed by atoms with Gasteiger partial charge in [-0.1, -0.05) is 11.6 Å². The summed E-state index contributed by atoms with van der Waals surface area (Å²) in [7, 11) is 6.11. The molecular weight excluding hydrogens is 276 g/mol. The Hall–Kier alpha value is -1.30. The molecule has 1 aliphatic heterocycles. The number of nitrogens with one attached hydrogen (secondary N) is 1. The minimum absolute atomic E-state index is 0.177. The van der Waals surface area contributed by atoms with Crippen LogP contribution in [0.25, 0.3) is 0 Å². The smallest absolute Gasteiger partial charge is 0.245 e. The molecule has 1 aromatic carbocycles. The van der Waals surface area contributed by atoms with Gasteiger partial charge in [-0.2, -0.15) is 0 Å². The summed E-state index contributed by atoms with van der Waals surface area (Å²) in [6.45, 7) is 1.92. The third kappa shape index (κ3) is 3.06. The summed E-state index contributed by atoms with van der Waals surface area (Å²) in [5, 5.41) is 3.41. The minimum Gasteiger partial charge on any atom is -0.373 e. The van der Waals surface area contributed by atoms with Gasteiger partial charge in [-0.3, -0.25) is 4.79 Å². The van der Waals surface area contributed by atoms with E-state index in [9.17, 15) is 4.79 Å². The molecule has 0 spiro atoms. The van der Waals surface area contributed by atoms with Gasteiger partial charge in [0.05, 0.1) is 10.7 Å². The highest BCUT2D eigenvalue weighted by atomic mass is 35.5. The largest absolute Gasteiger partial charge is 0.373 e. The van der Waals surface area contributed by atoms with E-state index in [4.69, 9.17) is 17.3 Å². The number of anilines is 2. The standard InChI is InChI=1S/C14H21ClN4O/c1-18(2)5-4-6-19(3)12-8-11-9(7-10(12)15)13(16)14(20)17-11/h7-8,13H,4-6,16H2,1-3H3,(H,17,20). The van der Waals surface area contributed by atoms with Crippen LogP contribution >= 0.6 is 11.6 Å². The molecule has 0 radical (unpaired) electrons. The minimum atomic E-state index is -0.615. The van der Waals surface area contributed by atoms with Crippen LogP contribution in [0.3, 0.4) is 0 Å². The highest BCUT2D eigenvalue weighted by molar-refractivity contribution is 6.33. The van der Waals surface area contributed by atoms with Crippen LogP contribution in [0.1, 0.15) is 18.0 Å². The predicted molar refractivity (Wildman–Crippen MR) is 83.5 cm³/mol. The number of halogens is 1. The number of rotatable bonds is 5. The molecule has 1 heterocycles. The molecule has 2 rings (SSSR count). The number of hydrogen-bond acceptors (Lipinski definition) is 4. The Kier molecular flexibility index (Phi) is 4.52. The van der Waals surface area contributed by atoms with Gasteiger partial charge in [-0.15, -0.1) is 0 Å². The van der Waals surface area contributed by atoms with Gasteiger partial charge in [0.25, 0.3) is 0 Å². The van der Waals surface area contributed by atoms with Crippen molar-refractivity contribution in [2.75, 3.05) is 44.4 Å². The molecule has 0 fully saturated rings. The van der Waals surface area contributed by atoms with E-state index in [1.165, 1.54) is 0 Å². The first-order valence-corrected chi connectivity index (χ1v) is 7.03. The van der Waals surface area contributed by atoms with E-state index < -0.39 is 6.04 Å². The maximum absolute atomic E-state index is 11.6. The van der Waals surface area contributed by atoms with Crippen LogP contribution in [-0.4, -0.2) is 45.0 Å². The first-order chi connectivity index (χ1) is 9.40. The third-order valence-corrected chi connectivity index (χ3v) is 3.81. The Balaban J connectivity index is 2.13. The number of carbonyl (C=O) groups excluding carboxylic acids is 1. The van der Waals surface area contributed by atoms with Crippen molar-refractivity contribution >= 4 is 28.9 Å². The van der Waals surface area contributed by atoms with Gasteiger partial charge >= 0.3 is 0 Å². The number of nitrogens with two attached hydrogens (primary N) is 1. The summed E-state index contributed by atoms with van der Waals surface area (Å²) in [6.07, 6.45) is 1.04. The van der Waals surface area contributed by atoms with Crippen LogP contribution in [0.15, 0.2) is 12.1 Å². The van der Waals surface area contributed by atoms with Crippen molar-refractivity contribution in [3.8, 4) is 0 Å². The molecule has 110 valence electrons. The van der Waals surface area contributed by atoms with Crippen molar-refractivity contribution in [3.63, 3.8) is 0 Å². The number of carbonyl (C=O) groups is 1. The van der Waals surface area contributed by atoms with Gasteiger partial charge in [-0.25, -0.2) is 0 Å². The molecule has 1 aromatic rings. The number of benzene rings is 1. The zero-order chi connectivity index (χ0) is 14.9. The molecule has 0 bridgehead atoms. The first kappa shape index (κ1) is 15.1. The lowest BCUT2D eigenvalue weighted by Gasteiger charge is -2.22. The Morgan fingerprint density at radius 1 is 1.30 bits per heavy atom. The Bertz CT molecular complexity index is 518. The van der Waals surface area contributed by atoms with Crippen LogP contribution in [0.4, 0.5) is 11.4 Å². The van der Waals surface area contributed by atoms with E-state index in [-0.39, 0.29) is 5.91 Å². The fourth-order valence-electron chi connectivity index (χ4n) is 2.33. The summed E-state index contributed by atoms with van der Waals surface area (Å²) in [5.74, 6) is -0.177. The zero-order valence-corrected chi connectivity index (χ0v) is 12.9. The van der Waals surface area contributed by atoms with E-state index in [1.54, 1.807) is 6.07 Å². The van der Waals surface area contributed by atoms with Gasteiger partial charge in [0.1, 0.15) is 6.04 Å². The predicted octanol–water partition coefficient (Wildman–Crippen LogP) is 1.68. The molecular formula is C14H21ClN4O. The first-order valence-electron chi connectivity index (χ1n) is 6.66. The second-order valence-electron chi connectivity index (χ2n) is 5.44. The molecule has 3 N–H and O–H groups in total. The topological polar surface area (TPSA) is 61.6 Å². The molecule has 0 aliphatic carbocycles. The van der Waals surface area contributed by atoms with E-state index in [2.05, 4.69) is 29.2 Å². The van der Waals surface area contributed by atoms with Crippen molar-refractivity contribution in [1.82, 2.24) is 4.90 Å². The van der Waals surface area contributed by atoms with E-state index in [0.717, 1.165) is 36.4 Å². The van der Waals surface area contributed by atoms with Crippen LogP contribution in [0.2, 0.25) is 5.02 Å². The number of nitrogens with zero attached hydrogens (tertiary/aromatic N) is 2. The normalized spacial score (nSPS) is 17.3. The van der Waals surface area contributed by atoms with Gasteiger partial charge in [0, 0.05) is 24.8 Å². The monoisotopic (exact) mass is 296 g/mol. The Morgan fingerprint density at radius 3 is 2.65 bits per heavy atom. The highest BCUT2D eigenvalue weighted by Gasteiger charge is 2.28. The van der Waals surface area contributed by atoms with Crippen LogP contribution in [0.5, 0.6) is 0 Å². The number of fused-ring (bicyclic) bond motifs is 1. The summed E-state index contributed by atoms with van der Waals surface area (Å²) >= 11 is 6.31. The fraction of sp³-hybridized carbons (Fsp3) is 0.500. The fourth-order valence-corrected chi connectivity index (χ4v) is 2.65. The molecule has 20 heavy (non-hydrogen) atoms. The van der Waals surface area contributed by atoms with Crippen molar-refractivity contribution in [1.29, 1.82) is 0 Å². The Morgan fingerprint density at radius 2 is 2.00 bits per heavy atom. The SMILES string of the molecule is CN(C)CCCN(C)c1cc2c(cc1Cl)C(N)C(=O)N2. The summed E-state index contributed by atoms with van der Waals surface area (Å²) < 4.78 is 0. The van der Waals surface area contributed by atoms with Gasteiger partial charge in [0.2, 0.25) is 5.91 Å². The molecule has 0 saturated carbocycles. The number of amides is 1. The average molecular weight is 297 g/mol. The quantitative estimate of drug-likeness (QED) is 0.868. The molecule has 6 heteroatoms.